The van der Waals surface area contributed by atoms with Crippen LogP contribution in [0.25, 0.3) is 10.9 Å². The van der Waals surface area contributed by atoms with Crippen molar-refractivity contribution in [2.75, 3.05) is 4.72 Å². The molecule has 24 heavy (non-hydrogen) atoms. The summed E-state index contributed by atoms with van der Waals surface area (Å²) >= 11 is 5.78. The molecule has 0 saturated heterocycles. The number of halogens is 1. The maximum atomic E-state index is 12.5. The predicted molar refractivity (Wildman–Crippen MR) is 90.7 cm³/mol. The molecule has 0 aliphatic carbocycles. The molecular formula is C15H12ClN3O4S. The van der Waals surface area contributed by atoms with Crippen molar-refractivity contribution in [3.05, 3.63) is 53.2 Å². The van der Waals surface area contributed by atoms with Gasteiger partial charge in [0.1, 0.15) is 5.75 Å². The number of sulfonamides is 1. The highest BCUT2D eigenvalue weighted by molar-refractivity contribution is 7.92. The molecule has 9 heteroatoms. The van der Waals surface area contributed by atoms with Gasteiger partial charge in [-0.15, -0.1) is 0 Å². The number of aromatic amines is 1. The number of rotatable bonds is 4. The van der Waals surface area contributed by atoms with Crippen LogP contribution in [0, 0.1) is 0 Å². The number of amides is 1. The van der Waals surface area contributed by atoms with E-state index in [1.54, 1.807) is 30.5 Å². The van der Waals surface area contributed by atoms with Crippen molar-refractivity contribution in [3.8, 4) is 5.75 Å². The highest BCUT2D eigenvalue weighted by Crippen LogP contribution is 2.31. The predicted octanol–water partition coefficient (Wildman–Crippen LogP) is 2.43. The summed E-state index contributed by atoms with van der Waals surface area (Å²) in [7, 11) is -4.02. The number of hydrogen-bond acceptors (Lipinski definition) is 4. The zero-order chi connectivity index (χ0) is 17.5. The Morgan fingerprint density at radius 1 is 1.21 bits per heavy atom. The van der Waals surface area contributed by atoms with E-state index in [0.717, 1.165) is 23.0 Å². The number of H-pyrrole nitrogens is 1. The molecule has 3 rings (SSSR count). The van der Waals surface area contributed by atoms with Crippen LogP contribution in [-0.2, 0) is 10.0 Å². The highest BCUT2D eigenvalue weighted by atomic mass is 35.5. The highest BCUT2D eigenvalue weighted by Gasteiger charge is 2.21. The summed E-state index contributed by atoms with van der Waals surface area (Å²) in [6.45, 7) is 0. The van der Waals surface area contributed by atoms with Gasteiger partial charge in [0.15, 0.2) is 0 Å². The van der Waals surface area contributed by atoms with Gasteiger partial charge in [-0.25, -0.2) is 8.42 Å². The molecule has 0 unspecified atom stereocenters. The Labute approximate surface area is 142 Å². The summed E-state index contributed by atoms with van der Waals surface area (Å²) in [6.07, 6.45) is 1.74. The molecule has 0 saturated carbocycles. The molecule has 7 nitrogen and oxygen atoms in total. The van der Waals surface area contributed by atoms with Gasteiger partial charge < -0.3 is 15.8 Å². The number of carbonyl (C=O) groups excluding carboxylic acids is 1. The lowest BCUT2D eigenvalue weighted by Crippen LogP contribution is -2.16. The number of phenols is 1. The SMILES string of the molecule is NC(=O)c1cc(S(=O)(=O)Nc2ccc3[nH]ccc3c2)cc(Cl)c1O. The third kappa shape index (κ3) is 2.89. The van der Waals surface area contributed by atoms with Crippen molar-refractivity contribution in [1.29, 1.82) is 0 Å². The Bertz CT molecular complexity index is 1060. The number of nitrogens with one attached hydrogen (secondary N) is 2. The summed E-state index contributed by atoms with van der Waals surface area (Å²) in [5.74, 6) is -1.54. The van der Waals surface area contributed by atoms with Gasteiger partial charge in [0.05, 0.1) is 15.5 Å². The van der Waals surface area contributed by atoms with Crippen molar-refractivity contribution in [2.45, 2.75) is 4.90 Å². The fourth-order valence-corrected chi connectivity index (χ4v) is 3.63. The molecule has 0 bridgehead atoms. The van der Waals surface area contributed by atoms with E-state index in [1.165, 1.54) is 0 Å². The first-order chi connectivity index (χ1) is 11.3. The number of nitrogens with two attached hydrogens (primary N) is 1. The number of benzene rings is 2. The smallest absolute Gasteiger partial charge is 0.261 e. The Kier molecular flexibility index (Phi) is 3.86. The molecule has 0 atom stereocenters. The summed E-state index contributed by atoms with van der Waals surface area (Å²) < 4.78 is 27.4. The van der Waals surface area contributed by atoms with E-state index in [2.05, 4.69) is 9.71 Å². The Balaban J connectivity index is 2.02. The van der Waals surface area contributed by atoms with Crippen LogP contribution in [0.15, 0.2) is 47.5 Å². The first-order valence-electron chi connectivity index (χ1n) is 6.70. The normalized spacial score (nSPS) is 11.5. The molecule has 3 aromatic rings. The van der Waals surface area contributed by atoms with Crippen LogP contribution < -0.4 is 10.5 Å². The topological polar surface area (TPSA) is 125 Å². The minimum absolute atomic E-state index is 0.284. The largest absolute Gasteiger partial charge is 0.506 e. The van der Waals surface area contributed by atoms with Crippen LogP contribution in [-0.4, -0.2) is 24.4 Å². The molecule has 0 spiro atoms. The van der Waals surface area contributed by atoms with Crippen LogP contribution in [0.1, 0.15) is 10.4 Å². The standard InChI is InChI=1S/C15H12ClN3O4S/c16-12-7-10(6-11(14(12)20)15(17)21)24(22,23)19-9-1-2-13-8(5-9)3-4-18-13/h1-7,18-20H,(H2,17,21). The first kappa shape index (κ1) is 16.2. The van der Waals surface area contributed by atoms with Gasteiger partial charge in [0.2, 0.25) is 0 Å². The van der Waals surface area contributed by atoms with Crippen LogP contribution >= 0.6 is 11.6 Å². The van der Waals surface area contributed by atoms with Crippen molar-refractivity contribution in [3.63, 3.8) is 0 Å². The van der Waals surface area contributed by atoms with E-state index in [-0.39, 0.29) is 15.5 Å². The minimum atomic E-state index is -4.02. The fourth-order valence-electron chi connectivity index (χ4n) is 2.25. The third-order valence-electron chi connectivity index (χ3n) is 3.42. The molecule has 0 radical (unpaired) electrons. The maximum absolute atomic E-state index is 12.5. The third-order valence-corrected chi connectivity index (χ3v) is 5.07. The maximum Gasteiger partial charge on any atom is 0.261 e. The van der Waals surface area contributed by atoms with Gasteiger partial charge in [-0.2, -0.15) is 0 Å². The molecule has 5 N–H and O–H groups in total. The molecular weight excluding hydrogens is 354 g/mol. The lowest BCUT2D eigenvalue weighted by atomic mass is 10.2. The summed E-state index contributed by atoms with van der Waals surface area (Å²) in [4.78, 5) is 14.0. The van der Waals surface area contributed by atoms with Gasteiger partial charge in [-0.3, -0.25) is 9.52 Å². The van der Waals surface area contributed by atoms with Crippen molar-refractivity contribution >= 4 is 44.1 Å². The number of anilines is 1. The monoisotopic (exact) mass is 365 g/mol. The quantitative estimate of drug-likeness (QED) is 0.566. The van der Waals surface area contributed by atoms with E-state index in [4.69, 9.17) is 17.3 Å². The number of carbonyl (C=O) groups is 1. The van der Waals surface area contributed by atoms with Crippen LogP contribution in [0.5, 0.6) is 5.75 Å². The van der Waals surface area contributed by atoms with Gasteiger partial charge in [-0.1, -0.05) is 11.6 Å². The molecule has 0 aliphatic rings. The van der Waals surface area contributed by atoms with Crippen LogP contribution in [0.2, 0.25) is 5.02 Å². The molecule has 1 amide bonds. The molecule has 0 fully saturated rings. The second-order valence-corrected chi connectivity index (χ2v) is 7.14. The Hall–Kier alpha value is -2.71. The van der Waals surface area contributed by atoms with Gasteiger partial charge in [0, 0.05) is 22.8 Å². The van der Waals surface area contributed by atoms with E-state index in [1.807, 2.05) is 0 Å². The van der Waals surface area contributed by atoms with Crippen molar-refractivity contribution in [1.82, 2.24) is 4.98 Å². The number of aromatic hydroxyl groups is 1. The van der Waals surface area contributed by atoms with Crippen molar-refractivity contribution < 1.29 is 18.3 Å². The van der Waals surface area contributed by atoms with Crippen LogP contribution in [0.3, 0.4) is 0 Å². The summed E-state index contributed by atoms with van der Waals surface area (Å²) in [6, 6.07) is 8.79. The summed E-state index contributed by atoms with van der Waals surface area (Å²) in [5.41, 5.74) is 5.95. The number of aromatic nitrogens is 1. The van der Waals surface area contributed by atoms with Gasteiger partial charge >= 0.3 is 0 Å². The summed E-state index contributed by atoms with van der Waals surface area (Å²) in [5, 5.41) is 10.2. The molecule has 2 aromatic carbocycles. The van der Waals surface area contributed by atoms with Gasteiger partial charge in [-0.05, 0) is 36.4 Å². The lowest BCUT2D eigenvalue weighted by molar-refractivity contribution is 0.0997. The second kappa shape index (κ2) is 5.73. The molecule has 124 valence electrons. The zero-order valence-electron chi connectivity index (χ0n) is 12.1. The van der Waals surface area contributed by atoms with Crippen LogP contribution in [0.4, 0.5) is 5.69 Å². The lowest BCUT2D eigenvalue weighted by Gasteiger charge is -2.11. The zero-order valence-corrected chi connectivity index (χ0v) is 13.6. The van der Waals surface area contributed by atoms with Crippen molar-refractivity contribution in [2.24, 2.45) is 5.73 Å². The van der Waals surface area contributed by atoms with Gasteiger partial charge in [0.25, 0.3) is 15.9 Å². The van der Waals surface area contributed by atoms with E-state index in [0.29, 0.717) is 5.69 Å². The molecule has 1 heterocycles. The Morgan fingerprint density at radius 2 is 1.96 bits per heavy atom. The molecule has 0 aliphatic heterocycles. The van der Waals surface area contributed by atoms with E-state index < -0.39 is 21.7 Å². The number of hydrogen-bond donors (Lipinski definition) is 4. The minimum Gasteiger partial charge on any atom is -0.506 e. The number of fused-ring (bicyclic) bond motifs is 1. The fraction of sp³-hybridized carbons (Fsp3) is 0. The van der Waals surface area contributed by atoms with E-state index in [9.17, 15) is 18.3 Å². The number of primary amides is 1. The Morgan fingerprint density at radius 3 is 2.67 bits per heavy atom. The molecule has 1 aromatic heterocycles. The average Bonchev–Trinajstić information content (AvgIpc) is 2.96. The average molecular weight is 366 g/mol. The second-order valence-electron chi connectivity index (χ2n) is 5.05. The van der Waals surface area contributed by atoms with E-state index >= 15 is 0 Å². The first-order valence-corrected chi connectivity index (χ1v) is 8.56.